The van der Waals surface area contributed by atoms with Gasteiger partial charge >= 0.3 is 28.5 Å². The molecule has 29 nitrogen and oxygen atoms in total. The van der Waals surface area contributed by atoms with E-state index in [1.807, 2.05) is 71.4 Å². The Bertz CT molecular complexity index is 4340. The number of aromatic hydroxyl groups is 5. The quantitative estimate of drug-likeness (QED) is 0.00431. The van der Waals surface area contributed by atoms with Gasteiger partial charge in [0.1, 0.15) is 53.0 Å². The van der Waals surface area contributed by atoms with Gasteiger partial charge in [-0.3, -0.25) is 19.2 Å². The van der Waals surface area contributed by atoms with E-state index in [-0.39, 0.29) is 142 Å². The third-order valence-electron chi connectivity index (χ3n) is 11.1. The van der Waals surface area contributed by atoms with E-state index >= 15 is 0 Å². The molecule has 0 aliphatic heterocycles. The third kappa shape index (κ3) is 53.0. The molecule has 0 radical (unpaired) electrons. The van der Waals surface area contributed by atoms with Gasteiger partial charge in [0.05, 0.1) is 63.7 Å². The number of aliphatic hydroxyl groups excluding tert-OH is 1. The maximum Gasteiger partial charge on any atom is 0.336 e. The number of ether oxygens (including phenoxy) is 1. The predicted octanol–water partition coefficient (Wildman–Crippen LogP) is 21.8. The van der Waals surface area contributed by atoms with Crippen molar-refractivity contribution in [1.82, 2.24) is 35.8 Å². The molecule has 0 aliphatic carbocycles. The van der Waals surface area contributed by atoms with E-state index < -0.39 is 26.4 Å². The second-order valence-corrected chi connectivity index (χ2v) is 30.7. The van der Waals surface area contributed by atoms with Crippen LogP contribution in [0.4, 0.5) is 0 Å². The van der Waals surface area contributed by atoms with Crippen LogP contribution in [-0.4, -0.2) is 144 Å². The Hall–Kier alpha value is -3.65. The van der Waals surface area contributed by atoms with E-state index in [1.165, 1.54) is 54.7 Å². The monoisotopic (exact) mass is 2720 g/mol. The van der Waals surface area contributed by atoms with Crippen LogP contribution in [0.25, 0.3) is 22.5 Å². The number of aliphatic hydroxyl groups is 1. The molecule has 19 N–H and O–H groups in total. The third-order valence-corrected chi connectivity index (χ3v) is 19.3. The summed E-state index contributed by atoms with van der Waals surface area (Å²) in [5.74, 6) is 12.2. The van der Waals surface area contributed by atoms with Crippen molar-refractivity contribution in [3.8, 4) is 57.3 Å². The Kier molecular flexibility index (Phi) is 86.5. The number of nitrogens with zero attached hydrogens (tertiary/aromatic N) is 8. The maximum atomic E-state index is 11.2. The van der Waals surface area contributed by atoms with E-state index in [4.69, 9.17) is 45.2 Å². The molecule has 0 fully saturated rings. The molecule has 642 valence electrons. The van der Waals surface area contributed by atoms with Crippen molar-refractivity contribution < 1.29 is 74.1 Å². The van der Waals surface area contributed by atoms with Gasteiger partial charge in [0.15, 0.2) is 22.3 Å². The number of aromatic nitrogens is 6. The topological polar surface area (TPSA) is 518 Å². The van der Waals surface area contributed by atoms with Crippen LogP contribution in [0.1, 0.15) is 103 Å². The summed E-state index contributed by atoms with van der Waals surface area (Å²) in [5.41, 5.74) is 17.8. The number of hydrogen-bond donors (Lipinski definition) is 14. The number of hydrazine groups is 1. The van der Waals surface area contributed by atoms with Crippen molar-refractivity contribution in [2.24, 2.45) is 39.3 Å². The zero-order valence-electron chi connectivity index (χ0n) is 55.0. The van der Waals surface area contributed by atoms with E-state index in [1.54, 1.807) is 48.8 Å². The van der Waals surface area contributed by atoms with Crippen LogP contribution in [0.3, 0.4) is 0 Å². The summed E-state index contributed by atoms with van der Waals surface area (Å²) in [5, 5.41) is 93.7. The first kappa shape index (κ1) is 132. The smallest absolute Gasteiger partial charge is 0.336 e. The molecule has 0 atom stereocenters. The number of benzene rings is 7. The number of nitrogens with two attached hydrogens (primary N) is 5. The van der Waals surface area contributed by atoms with Gasteiger partial charge in [0.2, 0.25) is 16.7 Å². The summed E-state index contributed by atoms with van der Waals surface area (Å²) in [4.78, 5) is 53.6. The number of phenols is 5. The molecule has 2 heterocycles. The number of halogens is 14. The molecular formula is C68H88Br12I2N14O15S3Se. The number of alkyl halides is 1. The van der Waals surface area contributed by atoms with Crippen LogP contribution in [0.5, 0.6) is 34.8 Å². The van der Waals surface area contributed by atoms with Crippen LogP contribution >= 0.6 is 273 Å². The molecule has 7 aromatic carbocycles. The number of thioether (sulfide) groups is 2. The molecule has 0 aliphatic rings. The van der Waals surface area contributed by atoms with Gasteiger partial charge in [0.25, 0.3) is 0 Å². The molecule has 0 unspecified atom stereocenters. The van der Waals surface area contributed by atoms with E-state index in [0.29, 0.717) is 84.2 Å². The molecule has 0 spiro atoms. The maximum absolute atomic E-state index is 11.2. The van der Waals surface area contributed by atoms with Crippen molar-refractivity contribution in [2.45, 2.75) is 77.3 Å². The summed E-state index contributed by atoms with van der Waals surface area (Å²) >= 11 is 45.8. The molecule has 2 aromatic heterocycles. The van der Waals surface area contributed by atoms with E-state index in [2.05, 4.69) is 278 Å². The number of aldehydes is 1. The average molecular weight is 2730 g/mol. The van der Waals surface area contributed by atoms with Gasteiger partial charge < -0.3 is 68.5 Å². The molecule has 0 saturated carbocycles. The van der Waals surface area contributed by atoms with Gasteiger partial charge in [-0.2, -0.15) is 5.10 Å². The summed E-state index contributed by atoms with van der Waals surface area (Å²) in [7, 11) is 0. The number of phenolic OH excluding ortho intramolecular Hbond substituents is 5. The number of amidine groups is 1. The zero-order valence-corrected chi connectivity index (χ0v) is 82.7. The van der Waals surface area contributed by atoms with Crippen molar-refractivity contribution in [1.29, 1.82) is 0 Å². The van der Waals surface area contributed by atoms with Gasteiger partial charge in [-0.25, -0.2) is 21.7 Å². The number of ketones is 3. The number of hydrogen-bond acceptors (Lipinski definition) is 29. The van der Waals surface area contributed by atoms with Gasteiger partial charge in [0, 0.05) is 38.2 Å². The Morgan fingerprint density at radius 3 is 1.11 bits per heavy atom. The molecule has 9 aromatic rings. The summed E-state index contributed by atoms with van der Waals surface area (Å²) < 4.78 is 29.3. The minimum atomic E-state index is -1.62. The largest absolute Gasteiger partial charge is 0.506 e. The minimum Gasteiger partial charge on any atom is -0.506 e. The van der Waals surface area contributed by atoms with E-state index in [9.17, 15) is 44.7 Å². The molecule has 0 bridgehead atoms. The van der Waals surface area contributed by atoms with E-state index in [0.717, 1.165) is 37.4 Å². The number of thiocarbonyl (C=S) groups is 1. The predicted molar refractivity (Wildman–Crippen MR) is 532 cm³/mol. The second kappa shape index (κ2) is 75.3. The number of Topliss-reactive ketones (excluding diaryl/α,β-unsaturated/α-hetero) is 3. The Labute approximate surface area is 821 Å². The summed E-state index contributed by atoms with van der Waals surface area (Å²) in [6.07, 6.45) is 7.95. The zero-order chi connectivity index (χ0) is 82.2. The SMILES string of the molecule is C.C.C.C.C.C.C.CC(=O)c1cc(Br)c(O)c(Br)c1.CI.CSC(N)=NN.CSc1ncc(-c2cc(Br)c(O)c(Br)c2)nn1.I.NNC(N)=S.NO.O=C(/C=N\O)c1cc(Br)c(O)c(Br)c1.O=CC(=O)c1cc(Br)c(O)c(Br)c1.O=[Se]=O.OCc1ccc(Br)cc1.Oc1c(Br)cc(-c2cnc(OCc3ccc(Br)cc3)nn2)cc1Br.[2HH]. The number of hydrazone groups is 1. The van der Waals surface area contributed by atoms with Crippen LogP contribution in [-0.2, 0) is 25.7 Å². The fourth-order valence-corrected chi connectivity index (χ4v) is 13.0. The number of rotatable bonds is 12. The fourth-order valence-electron chi connectivity index (χ4n) is 6.13. The van der Waals surface area contributed by atoms with Gasteiger partial charge in [-0.1, -0.05) is 164 Å². The average Bonchev–Trinajstić information content (AvgIpc) is 0.835. The van der Waals surface area contributed by atoms with Crippen LogP contribution in [0.2, 0.25) is 0 Å². The minimum absolute atomic E-state index is 0. The van der Waals surface area contributed by atoms with Crippen LogP contribution in [0.15, 0.2) is 191 Å². The first-order valence-electron chi connectivity index (χ1n) is 27.3. The van der Waals surface area contributed by atoms with Crippen molar-refractivity contribution in [3.05, 3.63) is 203 Å². The molecule has 115 heavy (non-hydrogen) atoms. The Morgan fingerprint density at radius 2 is 0.870 bits per heavy atom. The number of nitrogens with one attached hydrogen (secondary N) is 1. The summed E-state index contributed by atoms with van der Waals surface area (Å²) in [6, 6.07) is 31.4. The normalized spacial score (nSPS) is 9.07. The van der Waals surface area contributed by atoms with Crippen LogP contribution in [0, 0.1) is 0 Å². The second-order valence-electron chi connectivity index (χ2n) is 18.0. The Balaban J connectivity index is -0.000000122. The number of carbonyl (C=O) groups excluding carboxylic acids is 4. The van der Waals surface area contributed by atoms with Gasteiger partial charge in [-0.15, -0.1) is 39.3 Å². The molecule has 0 amide bonds. The fraction of sp³-hybridized carbons (Fsp3) is 0.191. The van der Waals surface area contributed by atoms with Crippen LogP contribution < -0.4 is 39.2 Å². The number of carbonyl (C=O) groups is 4. The number of oxime groups is 1. The molecule has 9 rings (SSSR count). The Morgan fingerprint density at radius 1 is 0.565 bits per heavy atom. The van der Waals surface area contributed by atoms with Crippen molar-refractivity contribution in [3.63, 3.8) is 0 Å². The molecule has 47 heteroatoms. The summed E-state index contributed by atoms with van der Waals surface area (Å²) in [6.45, 7) is 1.96. The first-order valence-corrected chi connectivity index (χ1v) is 43.2. The van der Waals surface area contributed by atoms with Gasteiger partial charge in [-0.05, 0) is 292 Å². The molecular weight excluding hydrogens is 2640 g/mol. The molecule has 0 saturated heterocycles. The first-order chi connectivity index (χ1) is 50.6. The van der Waals surface area contributed by atoms with Crippen molar-refractivity contribution >= 4 is 328 Å². The standard InChI is InChI=1S/C16H10Br3N3O2.C10H7Br2N3OS.C8H5Br2NO3.C8H4Br2O3.C8H6Br2O2.C7H7BrO.C2H7N3S.CH3I.CH5N3S.7CH4.HI.H3NO.O2Se.H2/c17-11-3-1-9(2-4-11)8-24-16-20-7-14(21-22-16)10-5-12(18)15(23)13(19)6-10;1-17-10-13-4-8(14-15-10)5-2-6(11)9(16)7(12)3-5;9-5-1-4(7(12)3-11-14)2-6(10)8(5)13;9-5-1-4(7(12)3-11)2-6(10)8(5)13;1-4(11)5-2-6(9)8(12)7(10)3-5;8-7-3-1-6(5-9)2-4-7;1-6-2(3)5-4;1-2;2-1(5)4-3;;;;;;;;;1-2;1-3-2;/h1-7,23H,8H2;2-4,16H,1H3;1-3,13-14H;1-3,13H;2-3,12H,1H3;1-4,9H,5H2;4H2,1H3,(H2,3,5);1H3;3H2,(H3,2,4,5);7*1H4;1H;2H,1H2;;1H/b;;11-3-;;;;;;;;;;;;;;;;;/i;;;;;;;;;;;;;;;;;;;1+1. The van der Waals surface area contributed by atoms with Crippen molar-refractivity contribution in [2.75, 3.05) is 17.4 Å².